The van der Waals surface area contributed by atoms with Crippen molar-refractivity contribution in [3.63, 3.8) is 0 Å². The molecule has 0 amide bonds. The molecule has 0 saturated carbocycles. The maximum atomic E-state index is 14.1. The Morgan fingerprint density at radius 3 is 2.65 bits per heavy atom. The smallest absolute Gasteiger partial charge is 0.359 e. The number of rotatable bonds is 4. The highest BCUT2D eigenvalue weighted by molar-refractivity contribution is 5.80. The predicted octanol–water partition coefficient (Wildman–Crippen LogP) is 5.52. The summed E-state index contributed by atoms with van der Waals surface area (Å²) in [7, 11) is 0. The number of benzene rings is 2. The summed E-state index contributed by atoms with van der Waals surface area (Å²) in [5.41, 5.74) is -0.605. The lowest BCUT2D eigenvalue weighted by atomic mass is 10.0. The quantitative estimate of drug-likeness (QED) is 0.393. The van der Waals surface area contributed by atoms with Gasteiger partial charge in [0.15, 0.2) is 17.4 Å². The summed E-state index contributed by atoms with van der Waals surface area (Å²) in [6.45, 7) is 0.210. The average Bonchev–Trinajstić information content (AvgIpc) is 3.42. The van der Waals surface area contributed by atoms with Crippen LogP contribution in [-0.4, -0.2) is 26.3 Å². The third-order valence-electron chi connectivity index (χ3n) is 5.16. The maximum absolute atomic E-state index is 14.1. The van der Waals surface area contributed by atoms with Gasteiger partial charge in [-0.05, 0) is 30.3 Å². The lowest BCUT2D eigenvalue weighted by molar-refractivity contribution is -0.137. The van der Waals surface area contributed by atoms with Crippen LogP contribution in [-0.2, 0) is 19.3 Å². The van der Waals surface area contributed by atoms with Crippen LogP contribution < -0.4 is 0 Å². The first-order valence-electron chi connectivity index (χ1n) is 9.84. The maximum Gasteiger partial charge on any atom is 0.417 e. The van der Waals surface area contributed by atoms with E-state index in [0.717, 1.165) is 18.2 Å². The van der Waals surface area contributed by atoms with Gasteiger partial charge in [0.2, 0.25) is 0 Å². The first-order chi connectivity index (χ1) is 16.2. The average molecular weight is 477 g/mol. The van der Waals surface area contributed by atoms with Gasteiger partial charge in [-0.1, -0.05) is 11.2 Å². The molecule has 0 bridgehead atoms. The number of hydrogen-bond donors (Lipinski definition) is 1. The Morgan fingerprint density at radius 1 is 1.03 bits per heavy atom. The molecule has 0 radical (unpaired) electrons. The van der Waals surface area contributed by atoms with E-state index < -0.39 is 29.2 Å². The van der Waals surface area contributed by atoms with E-state index in [1.165, 1.54) is 29.4 Å². The first kappa shape index (κ1) is 21.7. The predicted molar refractivity (Wildman–Crippen MR) is 108 cm³/mol. The molecule has 0 unspecified atom stereocenters. The summed E-state index contributed by atoms with van der Waals surface area (Å²) in [6, 6.07) is 7.36. The van der Waals surface area contributed by atoms with E-state index in [1.54, 1.807) is 0 Å². The summed E-state index contributed by atoms with van der Waals surface area (Å²) in [5.74, 6) is -2.71. The van der Waals surface area contributed by atoms with Crippen molar-refractivity contribution in [2.75, 3.05) is 0 Å². The van der Waals surface area contributed by atoms with Gasteiger partial charge in [-0.15, -0.1) is 0 Å². The minimum absolute atomic E-state index is 0.0333. The molecule has 2 aromatic heterocycles. The molecule has 0 spiro atoms. The Labute approximate surface area is 187 Å². The van der Waals surface area contributed by atoms with Gasteiger partial charge in [0.25, 0.3) is 0 Å². The van der Waals surface area contributed by atoms with E-state index in [-0.39, 0.29) is 41.5 Å². The van der Waals surface area contributed by atoms with Crippen LogP contribution >= 0.6 is 0 Å². The van der Waals surface area contributed by atoms with Crippen molar-refractivity contribution in [3.8, 4) is 22.6 Å². The minimum atomic E-state index is -4.77. The Bertz CT molecular complexity index is 1410. The molecule has 1 N–H and O–H groups in total. The topological polar surface area (TPSA) is 70.3 Å². The molecule has 1 aliphatic rings. The van der Waals surface area contributed by atoms with E-state index in [9.17, 15) is 26.3 Å². The highest BCUT2D eigenvalue weighted by Crippen LogP contribution is 2.37. The Hall–Kier alpha value is -4.09. The van der Waals surface area contributed by atoms with E-state index in [0.29, 0.717) is 17.5 Å². The number of hydrazone groups is 1. The number of H-pyrrole nitrogens is 1. The van der Waals surface area contributed by atoms with Crippen LogP contribution in [0.25, 0.3) is 22.6 Å². The Kier molecular flexibility index (Phi) is 5.14. The second kappa shape index (κ2) is 8.04. The molecule has 4 aromatic rings. The SMILES string of the molecule is Fc1ccc(-c2cc(CN3Cc4nc(-c5cccc(F)c5F)[nH]c4C=N3)on2)c(C(F)(F)F)c1. The van der Waals surface area contributed by atoms with Crippen LogP contribution in [0.15, 0.2) is 52.1 Å². The van der Waals surface area contributed by atoms with Gasteiger partial charge in [-0.2, -0.15) is 18.3 Å². The molecule has 174 valence electrons. The number of hydrogen-bond acceptors (Lipinski definition) is 5. The van der Waals surface area contributed by atoms with Gasteiger partial charge in [-0.3, -0.25) is 5.01 Å². The van der Waals surface area contributed by atoms with Gasteiger partial charge >= 0.3 is 6.18 Å². The zero-order valence-electron chi connectivity index (χ0n) is 17.0. The molecule has 0 saturated heterocycles. The lowest BCUT2D eigenvalue weighted by Crippen LogP contribution is -2.21. The summed E-state index contributed by atoms with van der Waals surface area (Å²) >= 11 is 0. The standard InChI is InChI=1S/C22H13F6N5O/c23-11-4-5-13(15(6-11)22(26,27)28)17-7-12(34-32-17)9-33-10-19-18(8-29-33)30-21(31-19)14-2-1-3-16(24)20(14)25/h1-8H,9-10H2,(H,30,31). The number of nitrogens with zero attached hydrogens (tertiary/aromatic N) is 4. The molecular formula is C22H13F6N5O. The van der Waals surface area contributed by atoms with Crippen LogP contribution in [0, 0.1) is 17.5 Å². The van der Waals surface area contributed by atoms with Gasteiger partial charge in [-0.25, -0.2) is 18.2 Å². The van der Waals surface area contributed by atoms with E-state index in [1.807, 2.05) is 0 Å². The zero-order chi connectivity index (χ0) is 24.0. The van der Waals surface area contributed by atoms with Crippen molar-refractivity contribution >= 4 is 6.21 Å². The molecule has 0 fully saturated rings. The van der Waals surface area contributed by atoms with Crippen molar-refractivity contribution in [1.29, 1.82) is 0 Å². The molecule has 1 aliphatic heterocycles. The Morgan fingerprint density at radius 2 is 1.85 bits per heavy atom. The van der Waals surface area contributed by atoms with Gasteiger partial charge in [0, 0.05) is 11.6 Å². The van der Waals surface area contributed by atoms with Crippen molar-refractivity contribution in [3.05, 3.63) is 82.6 Å². The van der Waals surface area contributed by atoms with E-state index >= 15 is 0 Å². The third kappa shape index (κ3) is 4.02. The number of halogens is 6. The van der Waals surface area contributed by atoms with Crippen LogP contribution in [0.5, 0.6) is 0 Å². The molecule has 2 aromatic carbocycles. The Balaban J connectivity index is 1.35. The van der Waals surface area contributed by atoms with Crippen LogP contribution in [0.3, 0.4) is 0 Å². The lowest BCUT2D eigenvalue weighted by Gasteiger charge is -2.19. The van der Waals surface area contributed by atoms with Crippen molar-refractivity contribution < 1.29 is 30.9 Å². The number of aromatic amines is 1. The van der Waals surface area contributed by atoms with Gasteiger partial charge in [0.1, 0.15) is 17.3 Å². The fourth-order valence-electron chi connectivity index (χ4n) is 3.58. The largest absolute Gasteiger partial charge is 0.417 e. The highest BCUT2D eigenvalue weighted by Gasteiger charge is 2.35. The fourth-order valence-corrected chi connectivity index (χ4v) is 3.58. The number of imidazole rings is 1. The van der Waals surface area contributed by atoms with Crippen molar-refractivity contribution in [2.45, 2.75) is 19.3 Å². The van der Waals surface area contributed by atoms with Crippen LogP contribution in [0.1, 0.15) is 22.7 Å². The fraction of sp³-hybridized carbons (Fsp3) is 0.136. The van der Waals surface area contributed by atoms with Crippen LogP contribution in [0.2, 0.25) is 0 Å². The molecular weight excluding hydrogens is 464 g/mol. The molecule has 0 aliphatic carbocycles. The third-order valence-corrected chi connectivity index (χ3v) is 5.16. The number of aromatic nitrogens is 3. The summed E-state index contributed by atoms with van der Waals surface area (Å²) in [6.07, 6.45) is -3.34. The van der Waals surface area contributed by atoms with Crippen molar-refractivity contribution in [2.24, 2.45) is 5.10 Å². The van der Waals surface area contributed by atoms with E-state index in [4.69, 9.17) is 4.52 Å². The number of alkyl halides is 3. The molecule has 0 atom stereocenters. The molecule has 34 heavy (non-hydrogen) atoms. The first-order valence-corrected chi connectivity index (χ1v) is 9.84. The van der Waals surface area contributed by atoms with Crippen LogP contribution in [0.4, 0.5) is 26.3 Å². The van der Waals surface area contributed by atoms with Crippen molar-refractivity contribution in [1.82, 2.24) is 20.1 Å². The second-order valence-corrected chi connectivity index (χ2v) is 7.48. The van der Waals surface area contributed by atoms with Gasteiger partial charge in [0.05, 0.1) is 41.8 Å². The summed E-state index contributed by atoms with van der Waals surface area (Å²) < 4.78 is 86.1. The summed E-state index contributed by atoms with van der Waals surface area (Å²) in [5, 5.41) is 9.41. The number of nitrogens with one attached hydrogen (secondary N) is 1. The minimum Gasteiger partial charge on any atom is -0.359 e. The molecule has 6 nitrogen and oxygen atoms in total. The molecule has 5 rings (SSSR count). The number of fused-ring (bicyclic) bond motifs is 1. The normalized spacial score (nSPS) is 13.4. The zero-order valence-corrected chi connectivity index (χ0v) is 17.0. The molecule has 3 heterocycles. The van der Waals surface area contributed by atoms with E-state index in [2.05, 4.69) is 20.2 Å². The molecule has 12 heteroatoms. The second-order valence-electron chi connectivity index (χ2n) is 7.48. The summed E-state index contributed by atoms with van der Waals surface area (Å²) in [4.78, 5) is 7.20. The highest BCUT2D eigenvalue weighted by atomic mass is 19.4. The van der Waals surface area contributed by atoms with Gasteiger partial charge < -0.3 is 9.51 Å². The monoisotopic (exact) mass is 477 g/mol.